The molecule has 5 heteroatoms. The van der Waals surface area contributed by atoms with Gasteiger partial charge >= 0.3 is 0 Å². The van der Waals surface area contributed by atoms with Gasteiger partial charge in [0.1, 0.15) is 6.33 Å². The molecule has 2 bridgehead atoms. The van der Waals surface area contributed by atoms with Gasteiger partial charge in [-0.3, -0.25) is 0 Å². The molecule has 3 rings (SSSR count). The summed E-state index contributed by atoms with van der Waals surface area (Å²) in [4.78, 5) is 6.60. The Morgan fingerprint density at radius 3 is 3.25 bits per heavy atom. The van der Waals surface area contributed by atoms with Gasteiger partial charge in [0, 0.05) is 36.7 Å². The van der Waals surface area contributed by atoms with Crippen molar-refractivity contribution in [2.24, 2.45) is 0 Å². The van der Waals surface area contributed by atoms with Gasteiger partial charge in [0.15, 0.2) is 0 Å². The van der Waals surface area contributed by atoms with Gasteiger partial charge in [0.2, 0.25) is 5.13 Å². The summed E-state index contributed by atoms with van der Waals surface area (Å²) in [6.07, 6.45) is 2.92. The molecule has 0 spiro atoms. The lowest BCUT2D eigenvalue weighted by atomic mass is 10.2. The molecule has 2 saturated heterocycles. The average molecular weight is 182 g/mol. The Hall–Kier alpha value is -0.680. The molecule has 1 aromatic heterocycles. The summed E-state index contributed by atoms with van der Waals surface area (Å²) in [5, 5.41) is 4.55. The standard InChI is InChI=1S/C7H10N4S/c1-5-3-11(6(1)2-8-5)7-9-4-10-12-7/h4-6,8H,1-3H2/t5-,6-/m0/s1. The second kappa shape index (κ2) is 2.40. The third-order valence-electron chi connectivity index (χ3n) is 2.65. The second-order valence-corrected chi connectivity index (χ2v) is 4.13. The minimum Gasteiger partial charge on any atom is -0.341 e. The predicted octanol–water partition coefficient (Wildman–Crippen LogP) is 0.0886. The van der Waals surface area contributed by atoms with E-state index in [0.29, 0.717) is 12.1 Å². The van der Waals surface area contributed by atoms with Crippen LogP contribution >= 0.6 is 11.5 Å². The Labute approximate surface area is 74.8 Å². The van der Waals surface area contributed by atoms with E-state index in [9.17, 15) is 0 Å². The molecule has 2 aliphatic heterocycles. The molecule has 3 heterocycles. The molecular formula is C7H10N4S. The van der Waals surface area contributed by atoms with E-state index in [1.165, 1.54) is 18.0 Å². The molecule has 1 N–H and O–H groups in total. The lowest BCUT2D eigenvalue weighted by Crippen LogP contribution is -2.43. The number of rotatable bonds is 1. The highest BCUT2D eigenvalue weighted by molar-refractivity contribution is 7.09. The number of piperazine rings is 1. The summed E-state index contributed by atoms with van der Waals surface area (Å²) in [6.45, 7) is 2.23. The lowest BCUT2D eigenvalue weighted by Gasteiger charge is -2.26. The van der Waals surface area contributed by atoms with Gasteiger partial charge in [-0.25, -0.2) is 4.98 Å². The fraction of sp³-hybridized carbons (Fsp3) is 0.714. The monoisotopic (exact) mass is 182 g/mol. The number of hydrogen-bond donors (Lipinski definition) is 1. The van der Waals surface area contributed by atoms with Crippen LogP contribution in [0, 0.1) is 0 Å². The molecule has 0 aliphatic carbocycles. The van der Waals surface area contributed by atoms with Crippen molar-refractivity contribution in [2.45, 2.75) is 18.5 Å². The average Bonchev–Trinajstić information content (AvgIpc) is 2.81. The molecule has 0 unspecified atom stereocenters. The van der Waals surface area contributed by atoms with Crippen LogP contribution in [-0.2, 0) is 0 Å². The van der Waals surface area contributed by atoms with Gasteiger partial charge in [-0.1, -0.05) is 0 Å². The van der Waals surface area contributed by atoms with Gasteiger partial charge in [0.05, 0.1) is 0 Å². The minimum atomic E-state index is 0.669. The molecule has 0 radical (unpaired) electrons. The van der Waals surface area contributed by atoms with Crippen molar-refractivity contribution in [1.29, 1.82) is 0 Å². The quantitative estimate of drug-likeness (QED) is 0.668. The largest absolute Gasteiger partial charge is 0.341 e. The molecule has 64 valence electrons. The molecule has 4 nitrogen and oxygen atoms in total. The maximum Gasteiger partial charge on any atom is 0.205 e. The first-order chi connectivity index (χ1) is 5.93. The molecular weight excluding hydrogens is 172 g/mol. The third kappa shape index (κ3) is 0.864. The van der Waals surface area contributed by atoms with Crippen LogP contribution in [0.5, 0.6) is 0 Å². The smallest absolute Gasteiger partial charge is 0.205 e. The van der Waals surface area contributed by atoms with E-state index in [-0.39, 0.29) is 0 Å². The normalized spacial score (nSPS) is 33.2. The summed E-state index contributed by atoms with van der Waals surface area (Å²) in [7, 11) is 0. The predicted molar refractivity (Wildman–Crippen MR) is 47.5 cm³/mol. The van der Waals surface area contributed by atoms with Crippen LogP contribution in [0.15, 0.2) is 6.33 Å². The van der Waals surface area contributed by atoms with E-state index in [0.717, 1.165) is 18.2 Å². The van der Waals surface area contributed by atoms with Crippen molar-refractivity contribution in [3.63, 3.8) is 0 Å². The number of aromatic nitrogens is 2. The molecule has 2 aliphatic rings. The summed E-state index contributed by atoms with van der Waals surface area (Å²) in [5.74, 6) is 0. The second-order valence-electron chi connectivity index (χ2n) is 3.37. The topological polar surface area (TPSA) is 41.1 Å². The highest BCUT2D eigenvalue weighted by atomic mass is 32.1. The van der Waals surface area contributed by atoms with E-state index in [1.807, 2.05) is 0 Å². The van der Waals surface area contributed by atoms with Crippen LogP contribution in [0.2, 0.25) is 0 Å². The van der Waals surface area contributed by atoms with E-state index in [4.69, 9.17) is 0 Å². The number of nitrogens with one attached hydrogen (secondary N) is 1. The molecule has 0 aromatic carbocycles. The highest BCUT2D eigenvalue weighted by Crippen LogP contribution is 2.29. The fourth-order valence-electron chi connectivity index (χ4n) is 2.09. The van der Waals surface area contributed by atoms with Crippen LogP contribution in [0.4, 0.5) is 5.13 Å². The van der Waals surface area contributed by atoms with Gasteiger partial charge in [-0.05, 0) is 6.42 Å². The van der Waals surface area contributed by atoms with Crippen LogP contribution in [0.25, 0.3) is 0 Å². The van der Waals surface area contributed by atoms with Crippen LogP contribution in [0.1, 0.15) is 6.42 Å². The number of fused-ring (bicyclic) bond motifs is 2. The SMILES string of the molecule is c1nsc(N2C[C@@H]3C[C@H]2CN3)n1. The Morgan fingerprint density at radius 2 is 2.67 bits per heavy atom. The van der Waals surface area contributed by atoms with Crippen molar-refractivity contribution < 1.29 is 0 Å². The Morgan fingerprint density at radius 1 is 1.67 bits per heavy atom. The first-order valence-electron chi connectivity index (χ1n) is 4.20. The Kier molecular flexibility index (Phi) is 1.36. The zero-order valence-corrected chi connectivity index (χ0v) is 7.42. The first-order valence-corrected chi connectivity index (χ1v) is 4.97. The van der Waals surface area contributed by atoms with Crippen LogP contribution in [0.3, 0.4) is 0 Å². The molecule has 0 saturated carbocycles. The van der Waals surface area contributed by atoms with Crippen molar-refractivity contribution in [2.75, 3.05) is 18.0 Å². The number of nitrogens with zero attached hydrogens (tertiary/aromatic N) is 3. The molecule has 0 amide bonds. The van der Waals surface area contributed by atoms with Gasteiger partial charge in [0.25, 0.3) is 0 Å². The maximum absolute atomic E-state index is 4.22. The van der Waals surface area contributed by atoms with Crippen LogP contribution in [-0.4, -0.2) is 34.5 Å². The van der Waals surface area contributed by atoms with Gasteiger partial charge < -0.3 is 10.2 Å². The molecule has 2 atom stereocenters. The first kappa shape index (κ1) is 6.80. The van der Waals surface area contributed by atoms with E-state index >= 15 is 0 Å². The van der Waals surface area contributed by atoms with Crippen molar-refractivity contribution in [3.05, 3.63) is 6.33 Å². The zero-order valence-electron chi connectivity index (χ0n) is 6.60. The molecule has 2 fully saturated rings. The van der Waals surface area contributed by atoms with E-state index in [2.05, 4.69) is 19.6 Å². The van der Waals surface area contributed by atoms with Crippen LogP contribution < -0.4 is 10.2 Å². The van der Waals surface area contributed by atoms with E-state index in [1.54, 1.807) is 6.33 Å². The minimum absolute atomic E-state index is 0.669. The number of anilines is 1. The molecule has 12 heavy (non-hydrogen) atoms. The van der Waals surface area contributed by atoms with Crippen molar-refractivity contribution in [1.82, 2.24) is 14.7 Å². The highest BCUT2D eigenvalue weighted by Gasteiger charge is 2.38. The van der Waals surface area contributed by atoms with Gasteiger partial charge in [-0.15, -0.1) is 0 Å². The third-order valence-corrected chi connectivity index (χ3v) is 3.35. The van der Waals surface area contributed by atoms with Crippen molar-refractivity contribution in [3.8, 4) is 0 Å². The Bertz CT molecular complexity index is 273. The summed E-state index contributed by atoms with van der Waals surface area (Å²) in [5.41, 5.74) is 0. The fourth-order valence-corrected chi connectivity index (χ4v) is 2.70. The van der Waals surface area contributed by atoms with E-state index < -0.39 is 0 Å². The maximum atomic E-state index is 4.22. The number of hydrogen-bond acceptors (Lipinski definition) is 5. The van der Waals surface area contributed by atoms with Gasteiger partial charge in [-0.2, -0.15) is 4.37 Å². The molecule has 1 aromatic rings. The summed E-state index contributed by atoms with van der Waals surface area (Å²) < 4.78 is 4.02. The summed E-state index contributed by atoms with van der Waals surface area (Å²) >= 11 is 1.50. The zero-order chi connectivity index (χ0) is 7.97. The Balaban J connectivity index is 1.87. The summed E-state index contributed by atoms with van der Waals surface area (Å²) in [6, 6.07) is 1.36. The van der Waals surface area contributed by atoms with Crippen molar-refractivity contribution >= 4 is 16.7 Å². The lowest BCUT2D eigenvalue weighted by molar-refractivity contribution is 0.579.